The number of aryl methyl sites for hydroxylation is 2. The third-order valence-corrected chi connectivity index (χ3v) is 7.15. The number of rotatable bonds is 4. The first-order valence-corrected chi connectivity index (χ1v) is 11.0. The van der Waals surface area contributed by atoms with E-state index in [2.05, 4.69) is 20.1 Å². The summed E-state index contributed by atoms with van der Waals surface area (Å²) < 4.78 is 27.5. The van der Waals surface area contributed by atoms with Crippen LogP contribution in [0.25, 0.3) is 11.4 Å². The molecule has 4 rings (SSSR count). The predicted molar refractivity (Wildman–Crippen MR) is 112 cm³/mol. The summed E-state index contributed by atoms with van der Waals surface area (Å²) in [7, 11) is -3.49. The van der Waals surface area contributed by atoms with Crippen molar-refractivity contribution in [3.63, 3.8) is 0 Å². The molecule has 1 aliphatic heterocycles. The van der Waals surface area contributed by atoms with Gasteiger partial charge in [0, 0.05) is 32.4 Å². The molecule has 0 radical (unpaired) electrons. The molecule has 8 heteroatoms. The molecule has 3 heterocycles. The summed E-state index contributed by atoms with van der Waals surface area (Å²) in [4.78, 5) is 6.69. The van der Waals surface area contributed by atoms with Gasteiger partial charge in [0.05, 0.1) is 10.6 Å². The first kappa shape index (κ1) is 19.5. The van der Waals surface area contributed by atoms with E-state index in [0.717, 1.165) is 22.6 Å². The molecule has 1 saturated heterocycles. The fraction of sp³-hybridized carbons (Fsp3) is 0.286. The Kier molecular flexibility index (Phi) is 5.29. The molecule has 1 aromatic carbocycles. The van der Waals surface area contributed by atoms with Crippen molar-refractivity contribution in [2.75, 3.05) is 31.1 Å². The number of anilines is 1. The Balaban J connectivity index is 1.44. The average molecular weight is 410 g/mol. The van der Waals surface area contributed by atoms with Crippen LogP contribution >= 0.6 is 0 Å². The van der Waals surface area contributed by atoms with Crippen LogP contribution in [0.1, 0.15) is 11.1 Å². The van der Waals surface area contributed by atoms with Crippen LogP contribution in [0.3, 0.4) is 0 Å². The monoisotopic (exact) mass is 409 g/mol. The molecule has 1 aliphatic rings. The molecular weight excluding hydrogens is 386 g/mol. The number of nitrogens with zero attached hydrogens (tertiary/aromatic N) is 5. The Labute approximate surface area is 171 Å². The van der Waals surface area contributed by atoms with Gasteiger partial charge in [0.15, 0.2) is 5.82 Å². The molecule has 0 aliphatic carbocycles. The molecule has 7 nitrogen and oxygen atoms in total. The highest BCUT2D eigenvalue weighted by Crippen LogP contribution is 2.22. The largest absolute Gasteiger partial charge is 0.352 e. The van der Waals surface area contributed by atoms with Crippen molar-refractivity contribution in [1.82, 2.24) is 19.5 Å². The molecule has 3 aromatic rings. The second kappa shape index (κ2) is 7.88. The first-order valence-electron chi connectivity index (χ1n) is 9.52. The molecule has 0 bridgehead atoms. The minimum absolute atomic E-state index is 0.355. The van der Waals surface area contributed by atoms with E-state index in [4.69, 9.17) is 0 Å². The van der Waals surface area contributed by atoms with Gasteiger partial charge >= 0.3 is 0 Å². The third kappa shape index (κ3) is 3.99. The van der Waals surface area contributed by atoms with Gasteiger partial charge in [-0.3, -0.25) is 4.98 Å². The summed E-state index contributed by atoms with van der Waals surface area (Å²) in [6, 6.07) is 14.7. The molecule has 0 unspecified atom stereocenters. The fourth-order valence-electron chi connectivity index (χ4n) is 3.33. The zero-order valence-corrected chi connectivity index (χ0v) is 17.3. The number of sulfonamides is 1. The first-order chi connectivity index (χ1) is 13.9. The Hall–Kier alpha value is -2.84. The molecule has 2 aromatic heterocycles. The number of pyridine rings is 1. The zero-order valence-electron chi connectivity index (χ0n) is 16.5. The molecule has 0 saturated carbocycles. The second-order valence-corrected chi connectivity index (χ2v) is 9.07. The predicted octanol–water partition coefficient (Wildman–Crippen LogP) is 2.67. The Morgan fingerprint density at radius 2 is 1.62 bits per heavy atom. The summed E-state index contributed by atoms with van der Waals surface area (Å²) in [6.45, 7) is 5.88. The van der Waals surface area contributed by atoms with Gasteiger partial charge < -0.3 is 4.90 Å². The summed E-state index contributed by atoms with van der Waals surface area (Å²) in [5.41, 5.74) is 3.55. The SMILES string of the molecule is Cc1ccc(S(=O)(=O)N2CCN(c3ccc(-c4ccccn4)nn3)CC2)cc1C. The van der Waals surface area contributed by atoms with Crippen LogP contribution in [-0.2, 0) is 10.0 Å². The van der Waals surface area contributed by atoms with Gasteiger partial charge in [0.25, 0.3) is 0 Å². The van der Waals surface area contributed by atoms with E-state index >= 15 is 0 Å². The fourth-order valence-corrected chi connectivity index (χ4v) is 4.83. The second-order valence-electron chi connectivity index (χ2n) is 7.13. The van der Waals surface area contributed by atoms with Crippen molar-refractivity contribution in [1.29, 1.82) is 0 Å². The Bertz CT molecular complexity index is 1090. The molecule has 0 atom stereocenters. The summed E-state index contributed by atoms with van der Waals surface area (Å²) in [5, 5.41) is 8.58. The molecule has 0 N–H and O–H groups in total. The lowest BCUT2D eigenvalue weighted by atomic mass is 10.1. The van der Waals surface area contributed by atoms with E-state index in [9.17, 15) is 8.42 Å². The highest BCUT2D eigenvalue weighted by Gasteiger charge is 2.29. The molecule has 0 amide bonds. The third-order valence-electron chi connectivity index (χ3n) is 5.26. The van der Waals surface area contributed by atoms with E-state index < -0.39 is 10.0 Å². The van der Waals surface area contributed by atoms with Crippen molar-refractivity contribution >= 4 is 15.8 Å². The lowest BCUT2D eigenvalue weighted by Gasteiger charge is -2.34. The zero-order chi connectivity index (χ0) is 20.4. The normalized spacial score (nSPS) is 15.4. The average Bonchev–Trinajstić information content (AvgIpc) is 2.76. The van der Waals surface area contributed by atoms with Gasteiger partial charge in [-0.25, -0.2) is 8.42 Å². The summed E-state index contributed by atoms with van der Waals surface area (Å²) in [5.74, 6) is 0.743. The molecule has 1 fully saturated rings. The van der Waals surface area contributed by atoms with Crippen LogP contribution in [-0.4, -0.2) is 54.1 Å². The Morgan fingerprint density at radius 1 is 0.828 bits per heavy atom. The minimum atomic E-state index is -3.49. The Morgan fingerprint density at radius 3 is 2.24 bits per heavy atom. The van der Waals surface area contributed by atoms with Crippen molar-refractivity contribution in [2.45, 2.75) is 18.7 Å². The van der Waals surface area contributed by atoms with E-state index in [1.165, 1.54) is 0 Å². The lowest BCUT2D eigenvalue weighted by molar-refractivity contribution is 0.383. The van der Waals surface area contributed by atoms with Crippen LogP contribution in [0, 0.1) is 13.8 Å². The van der Waals surface area contributed by atoms with Crippen LogP contribution in [0.4, 0.5) is 5.82 Å². The topological polar surface area (TPSA) is 79.3 Å². The van der Waals surface area contributed by atoms with Gasteiger partial charge in [-0.15, -0.1) is 10.2 Å². The maximum atomic E-state index is 13.0. The van der Waals surface area contributed by atoms with Crippen molar-refractivity contribution < 1.29 is 8.42 Å². The van der Waals surface area contributed by atoms with E-state index in [-0.39, 0.29) is 0 Å². The maximum Gasteiger partial charge on any atom is 0.243 e. The minimum Gasteiger partial charge on any atom is -0.352 e. The van der Waals surface area contributed by atoms with Crippen LogP contribution in [0.15, 0.2) is 59.6 Å². The molecular formula is C21H23N5O2S. The quantitative estimate of drug-likeness (QED) is 0.659. The molecule has 0 spiro atoms. The number of benzene rings is 1. The number of aromatic nitrogens is 3. The highest BCUT2D eigenvalue weighted by atomic mass is 32.2. The van der Waals surface area contributed by atoms with Gasteiger partial charge in [-0.1, -0.05) is 12.1 Å². The van der Waals surface area contributed by atoms with Gasteiger partial charge in [0.2, 0.25) is 10.0 Å². The smallest absolute Gasteiger partial charge is 0.243 e. The van der Waals surface area contributed by atoms with Gasteiger partial charge in [-0.2, -0.15) is 4.31 Å². The van der Waals surface area contributed by atoms with Crippen LogP contribution < -0.4 is 4.90 Å². The van der Waals surface area contributed by atoms with Crippen molar-refractivity contribution in [2.24, 2.45) is 0 Å². The lowest BCUT2D eigenvalue weighted by Crippen LogP contribution is -2.49. The van der Waals surface area contributed by atoms with Gasteiger partial charge in [0.1, 0.15) is 5.69 Å². The van der Waals surface area contributed by atoms with E-state index in [0.29, 0.717) is 36.8 Å². The van der Waals surface area contributed by atoms with Gasteiger partial charge in [-0.05, 0) is 61.4 Å². The molecule has 150 valence electrons. The van der Waals surface area contributed by atoms with Crippen LogP contribution in [0.2, 0.25) is 0 Å². The summed E-state index contributed by atoms with van der Waals surface area (Å²) in [6.07, 6.45) is 1.72. The summed E-state index contributed by atoms with van der Waals surface area (Å²) >= 11 is 0. The number of hydrogen-bond donors (Lipinski definition) is 0. The van der Waals surface area contributed by atoms with Crippen molar-refractivity contribution in [3.05, 3.63) is 65.9 Å². The van der Waals surface area contributed by atoms with Crippen molar-refractivity contribution in [3.8, 4) is 11.4 Å². The molecule has 29 heavy (non-hydrogen) atoms. The highest BCUT2D eigenvalue weighted by molar-refractivity contribution is 7.89. The standard InChI is InChI=1S/C21H23N5O2S/c1-16-6-7-18(15-17(16)2)29(27,28)26-13-11-25(12-14-26)21-9-8-20(23-24-21)19-5-3-4-10-22-19/h3-10,15H,11-14H2,1-2H3. The van der Waals surface area contributed by atoms with E-state index in [1.807, 2.05) is 50.2 Å². The number of hydrogen-bond acceptors (Lipinski definition) is 6. The number of piperazine rings is 1. The van der Waals surface area contributed by atoms with E-state index in [1.54, 1.807) is 22.6 Å². The van der Waals surface area contributed by atoms with Crippen LogP contribution in [0.5, 0.6) is 0 Å². The maximum absolute atomic E-state index is 13.0.